The summed E-state index contributed by atoms with van der Waals surface area (Å²) in [6, 6.07) is 7.56. The van der Waals surface area contributed by atoms with Crippen LogP contribution in [0.1, 0.15) is 95.4 Å². The van der Waals surface area contributed by atoms with Crippen molar-refractivity contribution in [2.24, 2.45) is 11.8 Å². The molecule has 0 spiro atoms. The number of hydrogen-bond acceptors (Lipinski definition) is 3. The third kappa shape index (κ3) is 9.12. The van der Waals surface area contributed by atoms with Gasteiger partial charge in [0, 0.05) is 12.3 Å². The Morgan fingerprint density at radius 1 is 0.889 bits per heavy atom. The van der Waals surface area contributed by atoms with Gasteiger partial charge in [-0.1, -0.05) is 66.2 Å². The lowest BCUT2D eigenvalue weighted by Crippen LogP contribution is -2.13. The number of ketones is 1. The van der Waals surface area contributed by atoms with Gasteiger partial charge in [0.05, 0.1) is 12.5 Å². The van der Waals surface area contributed by atoms with Gasteiger partial charge in [-0.3, -0.25) is 4.79 Å². The average molecular weight is 375 g/mol. The van der Waals surface area contributed by atoms with E-state index >= 15 is 0 Å². The van der Waals surface area contributed by atoms with Gasteiger partial charge >= 0.3 is 0 Å². The lowest BCUT2D eigenvalue weighted by molar-refractivity contribution is 0.0879. The largest absolute Gasteiger partial charge is 0.469 e. The molecule has 2 aromatic heterocycles. The van der Waals surface area contributed by atoms with Gasteiger partial charge in [-0.2, -0.15) is 0 Å². The number of carbonyl (C=O) groups is 1. The van der Waals surface area contributed by atoms with Crippen molar-refractivity contribution in [3.63, 3.8) is 0 Å². The second kappa shape index (κ2) is 14.3. The number of unbranched alkanes of at least 4 members (excludes halogenated alkanes) is 2. The highest BCUT2D eigenvalue weighted by molar-refractivity contribution is 5.95. The SMILES string of the molecule is CCCCC(CC)C(=O)c1ccco1.CCCCC(CC)Cc1ccco1. The molecule has 0 aliphatic carbocycles. The Bertz CT molecular complexity index is 569. The maximum absolute atomic E-state index is 11.8. The van der Waals surface area contributed by atoms with Crippen LogP contribution in [0, 0.1) is 11.8 Å². The Morgan fingerprint density at radius 2 is 1.56 bits per heavy atom. The highest BCUT2D eigenvalue weighted by atomic mass is 16.3. The van der Waals surface area contributed by atoms with E-state index in [0.29, 0.717) is 5.76 Å². The fourth-order valence-corrected chi connectivity index (χ4v) is 3.25. The summed E-state index contributed by atoms with van der Waals surface area (Å²) in [5.74, 6) is 2.76. The highest BCUT2D eigenvalue weighted by Crippen LogP contribution is 2.19. The molecular formula is C24H38O3. The minimum absolute atomic E-state index is 0.140. The van der Waals surface area contributed by atoms with Crippen molar-refractivity contribution in [1.29, 1.82) is 0 Å². The summed E-state index contributed by atoms with van der Waals surface area (Å²) in [6.07, 6.45) is 13.8. The van der Waals surface area contributed by atoms with E-state index in [9.17, 15) is 4.79 Å². The van der Waals surface area contributed by atoms with Crippen molar-refractivity contribution < 1.29 is 13.6 Å². The van der Waals surface area contributed by atoms with E-state index in [1.807, 2.05) is 6.07 Å². The molecule has 2 unspecified atom stereocenters. The van der Waals surface area contributed by atoms with Crippen LogP contribution in [0.3, 0.4) is 0 Å². The van der Waals surface area contributed by atoms with Crippen molar-refractivity contribution in [2.45, 2.75) is 85.5 Å². The van der Waals surface area contributed by atoms with E-state index in [-0.39, 0.29) is 11.7 Å². The smallest absolute Gasteiger partial charge is 0.201 e. The summed E-state index contributed by atoms with van der Waals surface area (Å²) in [5, 5.41) is 0. The second-order valence-electron chi connectivity index (χ2n) is 7.29. The van der Waals surface area contributed by atoms with E-state index < -0.39 is 0 Å². The first-order valence-corrected chi connectivity index (χ1v) is 10.8. The minimum atomic E-state index is 0.140. The predicted octanol–water partition coefficient (Wildman–Crippen LogP) is 7.72. The molecule has 0 saturated heterocycles. The number of rotatable bonds is 12. The molecule has 2 aromatic rings. The Balaban J connectivity index is 0.000000271. The van der Waals surface area contributed by atoms with Gasteiger partial charge < -0.3 is 8.83 Å². The van der Waals surface area contributed by atoms with E-state index in [1.54, 1.807) is 24.7 Å². The van der Waals surface area contributed by atoms with Crippen LogP contribution in [0.4, 0.5) is 0 Å². The first-order chi connectivity index (χ1) is 13.2. The Morgan fingerprint density at radius 3 is 2.07 bits per heavy atom. The third-order valence-electron chi connectivity index (χ3n) is 5.15. The molecule has 0 aliphatic rings. The number of furan rings is 2. The molecule has 27 heavy (non-hydrogen) atoms. The third-order valence-corrected chi connectivity index (χ3v) is 5.15. The van der Waals surface area contributed by atoms with Crippen LogP contribution in [0.15, 0.2) is 45.6 Å². The minimum Gasteiger partial charge on any atom is -0.469 e. The summed E-state index contributed by atoms with van der Waals surface area (Å²) in [6.45, 7) is 8.72. The molecule has 152 valence electrons. The Kier molecular flexibility index (Phi) is 12.3. The lowest BCUT2D eigenvalue weighted by Gasteiger charge is -2.11. The summed E-state index contributed by atoms with van der Waals surface area (Å²) in [5.41, 5.74) is 0. The molecular weight excluding hydrogens is 336 g/mol. The number of Topliss-reactive ketones (excluding diaryl/α,β-unsaturated/α-hetero) is 1. The first-order valence-electron chi connectivity index (χ1n) is 10.8. The van der Waals surface area contributed by atoms with Gasteiger partial charge in [-0.15, -0.1) is 0 Å². The summed E-state index contributed by atoms with van der Waals surface area (Å²) in [4.78, 5) is 11.8. The van der Waals surface area contributed by atoms with Gasteiger partial charge in [-0.25, -0.2) is 0 Å². The highest BCUT2D eigenvalue weighted by Gasteiger charge is 2.19. The van der Waals surface area contributed by atoms with Crippen LogP contribution in [0.2, 0.25) is 0 Å². The molecule has 0 radical (unpaired) electrons. The first kappa shape index (κ1) is 23.3. The van der Waals surface area contributed by atoms with Gasteiger partial charge in [-0.05, 0) is 43.0 Å². The van der Waals surface area contributed by atoms with Crippen molar-refractivity contribution in [3.05, 3.63) is 48.3 Å². The monoisotopic (exact) mass is 374 g/mol. The predicted molar refractivity (Wildman–Crippen MR) is 112 cm³/mol. The molecule has 0 aromatic carbocycles. The molecule has 0 N–H and O–H groups in total. The number of carbonyl (C=O) groups excluding carboxylic acids is 1. The van der Waals surface area contributed by atoms with Crippen LogP contribution in [0.25, 0.3) is 0 Å². The quantitative estimate of drug-likeness (QED) is 0.357. The van der Waals surface area contributed by atoms with Crippen molar-refractivity contribution in [3.8, 4) is 0 Å². The van der Waals surface area contributed by atoms with E-state index in [4.69, 9.17) is 8.83 Å². The Labute approximate surface area is 165 Å². The lowest BCUT2D eigenvalue weighted by atomic mass is 9.93. The van der Waals surface area contributed by atoms with E-state index in [0.717, 1.165) is 43.8 Å². The molecule has 2 atom stereocenters. The molecule has 3 heteroatoms. The summed E-state index contributed by atoms with van der Waals surface area (Å²) >= 11 is 0. The standard InChI is InChI=1S/C12H18O2.C12H20O/c1-3-5-7-10(4-2)12(13)11-8-6-9-14-11;1-3-5-7-11(4-2)10-12-8-6-9-13-12/h6,8-10H,3-5,7H2,1-2H3;6,8-9,11H,3-5,7,10H2,1-2H3. The van der Waals surface area contributed by atoms with E-state index in [2.05, 4.69) is 33.8 Å². The zero-order chi connectivity index (χ0) is 19.9. The number of hydrogen-bond donors (Lipinski definition) is 0. The molecule has 0 aliphatic heterocycles. The normalized spacial score (nSPS) is 12.9. The second-order valence-corrected chi connectivity index (χ2v) is 7.29. The topological polar surface area (TPSA) is 43.4 Å². The molecule has 0 saturated carbocycles. The maximum Gasteiger partial charge on any atom is 0.201 e. The molecule has 2 rings (SSSR count). The average Bonchev–Trinajstić information content (AvgIpc) is 3.40. The molecule has 0 amide bonds. The fourth-order valence-electron chi connectivity index (χ4n) is 3.25. The maximum atomic E-state index is 11.8. The van der Waals surface area contributed by atoms with Crippen molar-refractivity contribution in [1.82, 2.24) is 0 Å². The van der Waals surface area contributed by atoms with Gasteiger partial charge in [0.2, 0.25) is 5.78 Å². The van der Waals surface area contributed by atoms with Gasteiger partial charge in [0.15, 0.2) is 5.76 Å². The summed E-state index contributed by atoms with van der Waals surface area (Å²) < 4.78 is 10.5. The van der Waals surface area contributed by atoms with E-state index in [1.165, 1.54) is 25.7 Å². The Hall–Kier alpha value is -1.77. The van der Waals surface area contributed by atoms with Gasteiger partial charge in [0.25, 0.3) is 0 Å². The zero-order valence-corrected chi connectivity index (χ0v) is 17.7. The summed E-state index contributed by atoms with van der Waals surface area (Å²) in [7, 11) is 0. The fraction of sp³-hybridized carbons (Fsp3) is 0.625. The zero-order valence-electron chi connectivity index (χ0n) is 17.7. The van der Waals surface area contributed by atoms with Crippen molar-refractivity contribution in [2.75, 3.05) is 0 Å². The van der Waals surface area contributed by atoms with Crippen LogP contribution in [-0.2, 0) is 6.42 Å². The van der Waals surface area contributed by atoms with Crippen LogP contribution in [0.5, 0.6) is 0 Å². The van der Waals surface area contributed by atoms with Crippen LogP contribution < -0.4 is 0 Å². The van der Waals surface area contributed by atoms with Gasteiger partial charge in [0.1, 0.15) is 5.76 Å². The molecule has 0 bridgehead atoms. The molecule has 2 heterocycles. The molecule has 0 fully saturated rings. The van der Waals surface area contributed by atoms with Crippen molar-refractivity contribution >= 4 is 5.78 Å². The van der Waals surface area contributed by atoms with Crippen LogP contribution >= 0.6 is 0 Å². The molecule has 3 nitrogen and oxygen atoms in total. The van der Waals surface area contributed by atoms with Crippen LogP contribution in [-0.4, -0.2) is 5.78 Å².